The van der Waals surface area contributed by atoms with Crippen molar-refractivity contribution in [1.82, 2.24) is 4.90 Å². The summed E-state index contributed by atoms with van der Waals surface area (Å²) in [7, 11) is 0. The van der Waals surface area contributed by atoms with Gasteiger partial charge in [0.25, 0.3) is 0 Å². The predicted octanol–water partition coefficient (Wildman–Crippen LogP) is 1.39. The van der Waals surface area contributed by atoms with Crippen LogP contribution in [-0.2, 0) is 16.0 Å². The number of halogens is 1. The zero-order chi connectivity index (χ0) is 14.7. The Morgan fingerprint density at radius 1 is 1.60 bits per heavy atom. The molecule has 2 rings (SSSR count). The third-order valence-electron chi connectivity index (χ3n) is 3.26. The number of nitriles is 1. The first-order chi connectivity index (χ1) is 9.51. The van der Waals surface area contributed by atoms with Gasteiger partial charge in [0.1, 0.15) is 6.04 Å². The molecule has 1 unspecified atom stereocenters. The minimum Gasteiger partial charge on any atom is -0.480 e. The molecule has 6 heteroatoms. The smallest absolute Gasteiger partial charge is 0.326 e. The van der Waals surface area contributed by atoms with E-state index >= 15 is 0 Å². The molecule has 0 spiro atoms. The molecule has 1 amide bonds. The van der Waals surface area contributed by atoms with Crippen molar-refractivity contribution < 1.29 is 14.7 Å². The molecule has 2 atom stereocenters. The van der Waals surface area contributed by atoms with E-state index in [0.29, 0.717) is 11.1 Å². The van der Waals surface area contributed by atoms with Gasteiger partial charge in [-0.25, -0.2) is 4.79 Å². The molecule has 1 saturated heterocycles. The van der Waals surface area contributed by atoms with Gasteiger partial charge in [-0.3, -0.25) is 4.79 Å². The number of aliphatic carboxylic acids is 1. The van der Waals surface area contributed by atoms with Gasteiger partial charge in [-0.1, -0.05) is 12.1 Å². The molecule has 104 valence electrons. The fourth-order valence-corrected chi connectivity index (χ4v) is 2.59. The molecule has 1 aliphatic heterocycles. The number of benzene rings is 1. The van der Waals surface area contributed by atoms with Crippen molar-refractivity contribution in [3.8, 4) is 6.07 Å². The number of alkyl halides is 1. The lowest BCUT2D eigenvalue weighted by Crippen LogP contribution is -2.43. The maximum atomic E-state index is 11.8. The Morgan fingerprint density at radius 2 is 2.35 bits per heavy atom. The summed E-state index contributed by atoms with van der Waals surface area (Å²) in [6.45, 7) is 0.245. The van der Waals surface area contributed by atoms with Gasteiger partial charge in [0.15, 0.2) is 0 Å². The number of nitrogens with zero attached hydrogens (tertiary/aromatic N) is 2. The molecule has 1 aromatic carbocycles. The summed E-state index contributed by atoms with van der Waals surface area (Å²) >= 11 is 5.90. The van der Waals surface area contributed by atoms with Gasteiger partial charge in [-0.05, 0) is 17.7 Å². The number of hydrogen-bond donors (Lipinski definition) is 1. The van der Waals surface area contributed by atoms with Crippen LogP contribution in [0, 0.1) is 11.3 Å². The number of carboxylic acid groups (broad SMARTS) is 1. The van der Waals surface area contributed by atoms with Gasteiger partial charge in [0, 0.05) is 19.4 Å². The summed E-state index contributed by atoms with van der Waals surface area (Å²) in [4.78, 5) is 24.5. The lowest BCUT2D eigenvalue weighted by atomic mass is 10.0. The summed E-state index contributed by atoms with van der Waals surface area (Å²) in [5.74, 6) is -1.31. The second kappa shape index (κ2) is 5.93. The lowest BCUT2D eigenvalue weighted by molar-refractivity contribution is -0.148. The Kier molecular flexibility index (Phi) is 4.26. The molecule has 1 fully saturated rings. The normalized spacial score (nSPS) is 19.7. The van der Waals surface area contributed by atoms with Gasteiger partial charge < -0.3 is 10.0 Å². The molecule has 1 N–H and O–H groups in total. The van der Waals surface area contributed by atoms with Crippen molar-refractivity contribution in [2.75, 3.05) is 6.54 Å². The zero-order valence-corrected chi connectivity index (χ0v) is 11.4. The van der Waals surface area contributed by atoms with Gasteiger partial charge >= 0.3 is 5.97 Å². The van der Waals surface area contributed by atoms with Crippen LogP contribution in [0.2, 0.25) is 0 Å². The van der Waals surface area contributed by atoms with E-state index in [4.69, 9.17) is 16.9 Å². The highest BCUT2D eigenvalue weighted by atomic mass is 35.5. The average molecular weight is 293 g/mol. The Hall–Kier alpha value is -2.06. The first kappa shape index (κ1) is 14.4. The molecule has 5 nitrogen and oxygen atoms in total. The summed E-state index contributed by atoms with van der Waals surface area (Å²) in [6, 6.07) is 7.79. The molecular weight excluding hydrogens is 280 g/mol. The van der Waals surface area contributed by atoms with Crippen LogP contribution in [0.4, 0.5) is 0 Å². The third kappa shape index (κ3) is 3.09. The van der Waals surface area contributed by atoms with Gasteiger partial charge in [-0.2, -0.15) is 5.26 Å². The monoisotopic (exact) mass is 292 g/mol. The molecule has 0 saturated carbocycles. The van der Waals surface area contributed by atoms with E-state index in [-0.39, 0.29) is 30.7 Å². The fourth-order valence-electron chi connectivity index (χ4n) is 2.31. The number of amides is 1. The van der Waals surface area contributed by atoms with Crippen LogP contribution < -0.4 is 0 Å². The Labute approximate surface area is 121 Å². The highest BCUT2D eigenvalue weighted by molar-refractivity contribution is 6.22. The van der Waals surface area contributed by atoms with E-state index in [1.54, 1.807) is 24.3 Å². The van der Waals surface area contributed by atoms with Crippen molar-refractivity contribution in [2.24, 2.45) is 0 Å². The van der Waals surface area contributed by atoms with Gasteiger partial charge in [0.2, 0.25) is 5.91 Å². The number of carbonyl (C=O) groups is 2. The van der Waals surface area contributed by atoms with E-state index in [1.165, 1.54) is 4.90 Å². The van der Waals surface area contributed by atoms with Crippen LogP contribution in [0.15, 0.2) is 24.3 Å². The highest BCUT2D eigenvalue weighted by Gasteiger charge is 2.36. The fraction of sp³-hybridized carbons (Fsp3) is 0.357. The van der Waals surface area contributed by atoms with Crippen molar-refractivity contribution in [2.45, 2.75) is 24.3 Å². The van der Waals surface area contributed by atoms with Gasteiger partial charge in [-0.15, -0.1) is 11.6 Å². The minimum atomic E-state index is -1.06. The molecular formula is C14H13ClN2O3. The average Bonchev–Trinajstić information content (AvgIpc) is 2.74. The molecule has 0 bridgehead atoms. The third-order valence-corrected chi connectivity index (χ3v) is 3.55. The number of hydrogen-bond acceptors (Lipinski definition) is 3. The second-order valence-electron chi connectivity index (χ2n) is 4.72. The number of carboxylic acids is 1. The van der Waals surface area contributed by atoms with Crippen LogP contribution >= 0.6 is 11.6 Å². The van der Waals surface area contributed by atoms with E-state index < -0.39 is 12.0 Å². The lowest BCUT2D eigenvalue weighted by Gasteiger charge is -2.24. The van der Waals surface area contributed by atoms with Gasteiger partial charge in [0.05, 0.1) is 17.0 Å². The first-order valence-electron chi connectivity index (χ1n) is 6.16. The van der Waals surface area contributed by atoms with E-state index in [2.05, 4.69) is 0 Å². The molecule has 20 heavy (non-hydrogen) atoms. The van der Waals surface area contributed by atoms with E-state index in [9.17, 15) is 14.7 Å². The Morgan fingerprint density at radius 3 is 2.90 bits per heavy atom. The number of rotatable bonds is 4. The molecule has 1 aliphatic rings. The van der Waals surface area contributed by atoms with E-state index in [1.807, 2.05) is 6.07 Å². The van der Waals surface area contributed by atoms with Crippen molar-refractivity contribution >= 4 is 23.5 Å². The maximum absolute atomic E-state index is 11.8. The second-order valence-corrected chi connectivity index (χ2v) is 5.34. The number of carbonyl (C=O) groups excluding carboxylic acids is 1. The maximum Gasteiger partial charge on any atom is 0.326 e. The molecule has 1 aromatic rings. The topological polar surface area (TPSA) is 81.4 Å². The minimum absolute atomic E-state index is 0.167. The van der Waals surface area contributed by atoms with Crippen LogP contribution in [0.5, 0.6) is 0 Å². The molecule has 0 radical (unpaired) electrons. The van der Waals surface area contributed by atoms with E-state index in [0.717, 1.165) is 0 Å². The molecule has 1 heterocycles. The standard InChI is InChI=1S/C14H13ClN2O3/c15-11-6-13(18)17(8-11)12(14(19)20)5-9-2-1-3-10(4-9)7-16/h1-4,11-12H,5-6,8H2,(H,19,20)/t11?,12-/m0/s1. The first-order valence-corrected chi connectivity index (χ1v) is 6.60. The molecule has 0 aromatic heterocycles. The highest BCUT2D eigenvalue weighted by Crippen LogP contribution is 2.21. The SMILES string of the molecule is N#Cc1cccc(C[C@@H](C(=O)O)N2CC(Cl)CC2=O)c1. The van der Waals surface area contributed by atoms with Crippen LogP contribution in [0.1, 0.15) is 17.5 Å². The number of likely N-dealkylation sites (tertiary alicyclic amines) is 1. The van der Waals surface area contributed by atoms with Crippen molar-refractivity contribution in [3.05, 3.63) is 35.4 Å². The quantitative estimate of drug-likeness (QED) is 0.850. The largest absolute Gasteiger partial charge is 0.480 e. The molecule has 0 aliphatic carbocycles. The Bertz CT molecular complexity index is 582. The van der Waals surface area contributed by atoms with Crippen LogP contribution in [-0.4, -0.2) is 39.8 Å². The van der Waals surface area contributed by atoms with Crippen LogP contribution in [0.3, 0.4) is 0 Å². The summed E-state index contributed by atoms with van der Waals surface area (Å²) in [5.41, 5.74) is 1.18. The summed E-state index contributed by atoms with van der Waals surface area (Å²) in [5, 5.41) is 17.8. The van der Waals surface area contributed by atoms with Crippen molar-refractivity contribution in [3.63, 3.8) is 0 Å². The van der Waals surface area contributed by atoms with Crippen LogP contribution in [0.25, 0.3) is 0 Å². The summed E-state index contributed by atoms with van der Waals surface area (Å²) < 4.78 is 0. The van der Waals surface area contributed by atoms with Crippen molar-refractivity contribution in [1.29, 1.82) is 5.26 Å². The predicted molar refractivity (Wildman–Crippen MR) is 72.3 cm³/mol. The zero-order valence-electron chi connectivity index (χ0n) is 10.6. The Balaban J connectivity index is 2.20. The summed E-state index contributed by atoms with van der Waals surface area (Å²) in [6.07, 6.45) is 0.337.